The number of fused-ring (bicyclic) bond motifs is 1. The number of anilines is 1. The Bertz CT molecular complexity index is 2010. The van der Waals surface area contributed by atoms with Crippen molar-refractivity contribution in [3.8, 4) is 0 Å². The van der Waals surface area contributed by atoms with Crippen molar-refractivity contribution in [1.29, 1.82) is 0 Å². The monoisotopic (exact) mass is 782 g/mol. The average molecular weight is 784 g/mol. The third-order valence-corrected chi connectivity index (χ3v) is 10.1. The van der Waals surface area contributed by atoms with Gasteiger partial charge in [0, 0.05) is 40.4 Å². The minimum absolute atomic E-state index is 0. The van der Waals surface area contributed by atoms with E-state index in [4.69, 9.17) is 9.98 Å². The summed E-state index contributed by atoms with van der Waals surface area (Å²) >= 11 is 3.53. The normalized spacial score (nSPS) is 18.5. The van der Waals surface area contributed by atoms with E-state index in [9.17, 15) is 15.0 Å². The van der Waals surface area contributed by atoms with Gasteiger partial charge in [-0.1, -0.05) is 119 Å². The topological polar surface area (TPSA) is 94.4 Å². The fraction of sp³-hybridized carbons (Fsp3) is 0.214. The Hall–Kier alpha value is -4.56. The summed E-state index contributed by atoms with van der Waals surface area (Å²) in [6.45, 7) is 2.12. The van der Waals surface area contributed by atoms with E-state index in [2.05, 4.69) is 43.9 Å². The third kappa shape index (κ3) is 8.17. The largest absolute Gasteiger partial charge is 2.00 e. The maximum atomic E-state index is 13.9. The number of hydrogen-bond acceptors (Lipinski definition) is 7. The number of hydrogen-bond donors (Lipinski definition) is 0. The van der Waals surface area contributed by atoms with Crippen molar-refractivity contribution in [2.45, 2.75) is 43.9 Å². The summed E-state index contributed by atoms with van der Waals surface area (Å²) in [5.41, 5.74) is 6.25. The van der Waals surface area contributed by atoms with Gasteiger partial charge in [-0.3, -0.25) is 14.9 Å². The molecule has 3 atom stereocenters. The molecular weight excluding hydrogens is 747 g/mol. The van der Waals surface area contributed by atoms with Gasteiger partial charge in [0.2, 0.25) is 0 Å². The van der Waals surface area contributed by atoms with Crippen LogP contribution in [-0.2, 0) is 34.3 Å². The minimum Gasteiger partial charge on any atom is -0.861 e. The average Bonchev–Trinajstić information content (AvgIpc) is 3.61. The fourth-order valence-electron chi connectivity index (χ4n) is 7.23. The first-order valence-corrected chi connectivity index (χ1v) is 17.8. The summed E-state index contributed by atoms with van der Waals surface area (Å²) in [6, 6.07) is 40.7. The van der Waals surface area contributed by atoms with E-state index in [0.29, 0.717) is 30.1 Å². The molecule has 0 amide bonds. The van der Waals surface area contributed by atoms with Gasteiger partial charge in [-0.05, 0) is 78.7 Å². The molecule has 2 aliphatic heterocycles. The van der Waals surface area contributed by atoms with Gasteiger partial charge >= 0.3 is 16.5 Å². The quantitative estimate of drug-likeness (QED) is 0.0948. The molecule has 2 aliphatic rings. The van der Waals surface area contributed by atoms with Crippen LogP contribution in [0.4, 0.5) is 11.4 Å². The molecule has 5 aromatic rings. The minimum atomic E-state index is -1.28. The van der Waals surface area contributed by atoms with Gasteiger partial charge in [0.15, 0.2) is 0 Å². The number of carbonyl (C=O) groups is 1. The SMILES string of the molecule is O=C([O-])[C@@H](N=C(c1ccccc1)c1ccccc1N=C([O-])[C@@H]1CCCN1Cc1ccccc1)[C@H]1c2ccccc2CCN1c1ccc(Br)cc1.[Ni+2]. The first-order valence-electron chi connectivity index (χ1n) is 17.0. The number of nitrogens with zero attached hydrogens (tertiary/aromatic N) is 4. The van der Waals surface area contributed by atoms with Gasteiger partial charge < -0.3 is 19.9 Å². The van der Waals surface area contributed by atoms with Gasteiger partial charge in [0.05, 0.1) is 23.4 Å². The van der Waals surface area contributed by atoms with Gasteiger partial charge in [-0.25, -0.2) is 0 Å². The first kappa shape index (κ1) is 36.2. The third-order valence-electron chi connectivity index (χ3n) is 9.61. The second kappa shape index (κ2) is 16.6. The van der Waals surface area contributed by atoms with E-state index in [1.807, 2.05) is 109 Å². The van der Waals surface area contributed by atoms with E-state index >= 15 is 0 Å². The van der Waals surface area contributed by atoms with Gasteiger partial charge in [-0.2, -0.15) is 0 Å². The first-order chi connectivity index (χ1) is 24.5. The van der Waals surface area contributed by atoms with E-state index in [0.717, 1.165) is 58.2 Å². The molecule has 1 saturated heterocycles. The Morgan fingerprint density at radius 1 is 0.804 bits per heavy atom. The number of para-hydroxylation sites is 1. The molecule has 5 aromatic carbocycles. The van der Waals surface area contributed by atoms with E-state index < -0.39 is 18.1 Å². The van der Waals surface area contributed by atoms with Crippen molar-refractivity contribution in [2.75, 3.05) is 18.0 Å². The Morgan fingerprint density at radius 3 is 2.22 bits per heavy atom. The summed E-state index contributed by atoms with van der Waals surface area (Å²) in [5, 5.41) is 27.2. The van der Waals surface area contributed by atoms with Crippen LogP contribution in [0.3, 0.4) is 0 Å². The van der Waals surface area contributed by atoms with Crippen LogP contribution in [0.15, 0.2) is 148 Å². The Kier molecular flexibility index (Phi) is 11.8. The number of carboxylic acid groups (broad SMARTS) is 1. The molecule has 0 spiro atoms. The molecule has 0 aliphatic carbocycles. The van der Waals surface area contributed by atoms with Crippen molar-refractivity contribution in [1.82, 2.24) is 4.90 Å². The van der Waals surface area contributed by atoms with Crippen LogP contribution in [0.25, 0.3) is 0 Å². The van der Waals surface area contributed by atoms with Crippen LogP contribution in [-0.4, -0.2) is 47.7 Å². The predicted molar refractivity (Wildman–Crippen MR) is 199 cm³/mol. The molecule has 51 heavy (non-hydrogen) atoms. The second-order valence-corrected chi connectivity index (χ2v) is 13.7. The summed E-state index contributed by atoms with van der Waals surface area (Å²) in [5.74, 6) is -1.49. The Morgan fingerprint density at radius 2 is 1.47 bits per heavy atom. The van der Waals surface area contributed by atoms with Crippen LogP contribution < -0.4 is 15.1 Å². The Labute approximate surface area is 317 Å². The number of likely N-dealkylation sites (tertiary alicyclic amines) is 1. The molecule has 1 fully saturated rings. The fourth-order valence-corrected chi connectivity index (χ4v) is 7.49. The number of halogens is 1. The molecule has 260 valence electrons. The smallest absolute Gasteiger partial charge is 0.861 e. The summed E-state index contributed by atoms with van der Waals surface area (Å²) in [7, 11) is 0. The van der Waals surface area contributed by atoms with E-state index in [-0.39, 0.29) is 28.4 Å². The van der Waals surface area contributed by atoms with Crippen molar-refractivity contribution < 1.29 is 31.5 Å². The maximum Gasteiger partial charge on any atom is 2.00 e. The zero-order valence-electron chi connectivity index (χ0n) is 27.9. The standard InChI is InChI=1S/C42H39BrN4O3.Ni/c43-32-21-23-33(24-22-32)47-27-25-30-14-7-8-17-34(30)40(47)39(42(49)50)45-38(31-15-5-2-6-16-31)35-18-9-10-19-36(35)44-41(48)37-20-11-26-46(37)28-29-12-3-1-4-13-29;/h1-10,12-19,21-24,37,39-40H,11,20,25-28H2,(H,44,48)(H,49,50);/q;+2/p-2/t37-,39-,40+;/m0./s1. The van der Waals surface area contributed by atoms with Crippen LogP contribution >= 0.6 is 15.9 Å². The molecule has 0 N–H and O–H groups in total. The summed E-state index contributed by atoms with van der Waals surface area (Å²) < 4.78 is 0.937. The van der Waals surface area contributed by atoms with Crippen LogP contribution in [0, 0.1) is 0 Å². The summed E-state index contributed by atoms with van der Waals surface area (Å²) in [6.07, 6.45) is 2.42. The van der Waals surface area contributed by atoms with Crippen LogP contribution in [0.1, 0.15) is 46.7 Å². The van der Waals surface area contributed by atoms with Crippen LogP contribution in [0.2, 0.25) is 0 Å². The Balaban J connectivity index is 0.00000448. The molecule has 0 saturated carbocycles. The molecule has 9 heteroatoms. The van der Waals surface area contributed by atoms with E-state index in [1.54, 1.807) is 6.07 Å². The molecular formula is C42H37BrN4NiO3. The number of carbonyl (C=O) groups excluding carboxylic acids is 1. The maximum absolute atomic E-state index is 13.9. The van der Waals surface area contributed by atoms with Gasteiger partial charge in [0.25, 0.3) is 0 Å². The molecule has 7 rings (SSSR count). The number of rotatable bonds is 10. The molecule has 0 radical (unpaired) electrons. The number of benzene rings is 5. The number of aliphatic imine (C=N–C) groups is 2. The molecule has 0 bridgehead atoms. The molecule has 0 unspecified atom stereocenters. The zero-order chi connectivity index (χ0) is 34.5. The van der Waals surface area contributed by atoms with E-state index in [1.165, 1.54) is 0 Å². The summed E-state index contributed by atoms with van der Waals surface area (Å²) in [4.78, 5) is 27.4. The molecule has 0 aromatic heterocycles. The van der Waals surface area contributed by atoms with Crippen molar-refractivity contribution >= 4 is 44.9 Å². The molecule has 2 heterocycles. The van der Waals surface area contributed by atoms with Gasteiger partial charge in [0.1, 0.15) is 6.04 Å². The number of carboxylic acids is 1. The van der Waals surface area contributed by atoms with Crippen molar-refractivity contribution in [3.63, 3.8) is 0 Å². The van der Waals surface area contributed by atoms with Crippen LogP contribution in [0.5, 0.6) is 0 Å². The second-order valence-electron chi connectivity index (χ2n) is 12.8. The zero-order valence-corrected chi connectivity index (χ0v) is 30.5. The van der Waals surface area contributed by atoms with Crippen molar-refractivity contribution in [3.05, 3.63) is 166 Å². The molecule has 7 nitrogen and oxygen atoms in total. The van der Waals surface area contributed by atoms with Crippen molar-refractivity contribution in [2.24, 2.45) is 9.98 Å². The van der Waals surface area contributed by atoms with Gasteiger partial charge in [-0.15, -0.1) is 0 Å². The predicted octanol–water partition coefficient (Wildman–Crippen LogP) is 6.26. The number of aliphatic carboxylic acids is 1.